The lowest BCUT2D eigenvalue weighted by atomic mass is 9.70. The van der Waals surface area contributed by atoms with Crippen LogP contribution in [0.2, 0.25) is 4.34 Å². The first-order valence-corrected chi connectivity index (χ1v) is 11.7. The summed E-state index contributed by atoms with van der Waals surface area (Å²) in [7, 11) is 0. The normalized spacial score (nSPS) is 27.4. The topological polar surface area (TPSA) is 75.3 Å². The Labute approximate surface area is 186 Å². The Morgan fingerprint density at radius 3 is 3.00 bits per heavy atom. The highest BCUT2D eigenvalue weighted by Gasteiger charge is 2.43. The van der Waals surface area contributed by atoms with Gasteiger partial charge in [-0.1, -0.05) is 17.7 Å². The van der Waals surface area contributed by atoms with E-state index in [4.69, 9.17) is 16.3 Å². The van der Waals surface area contributed by atoms with Crippen molar-refractivity contribution in [1.29, 1.82) is 0 Å². The van der Waals surface area contributed by atoms with Gasteiger partial charge in [0.05, 0.1) is 17.6 Å². The number of piperidine rings is 1. The zero-order valence-electron chi connectivity index (χ0n) is 17.5. The number of rotatable bonds is 2. The van der Waals surface area contributed by atoms with Crippen LogP contribution in [0.25, 0.3) is 0 Å². The Bertz CT molecular complexity index is 888. The summed E-state index contributed by atoms with van der Waals surface area (Å²) in [5.41, 5.74) is 2.47. The number of aromatic nitrogens is 1. The summed E-state index contributed by atoms with van der Waals surface area (Å²) in [6, 6.07) is 6.60. The molecule has 2 aromatic rings. The molecule has 30 heavy (non-hydrogen) atoms. The Balaban J connectivity index is 1.66. The first-order valence-electron chi connectivity index (χ1n) is 10.5. The van der Waals surface area contributed by atoms with Gasteiger partial charge < -0.3 is 20.7 Å². The number of nitrogens with one attached hydrogen (secondary N) is 3. The van der Waals surface area contributed by atoms with Gasteiger partial charge in [-0.15, -0.1) is 11.3 Å². The average molecular weight is 449 g/mol. The lowest BCUT2D eigenvalue weighted by Crippen LogP contribution is -2.51. The minimum absolute atomic E-state index is 0.0100. The second kappa shape index (κ2) is 9.32. The van der Waals surface area contributed by atoms with Gasteiger partial charge in [-0.2, -0.15) is 0 Å². The van der Waals surface area contributed by atoms with Crippen molar-refractivity contribution in [3.8, 4) is 0 Å². The van der Waals surface area contributed by atoms with Gasteiger partial charge in [0.25, 0.3) is 0 Å². The maximum Gasteiger partial charge on any atom is 0.222 e. The van der Waals surface area contributed by atoms with Crippen LogP contribution in [0.1, 0.15) is 48.7 Å². The molecule has 1 amide bonds. The van der Waals surface area contributed by atoms with Gasteiger partial charge in [0.2, 0.25) is 5.91 Å². The van der Waals surface area contributed by atoms with Crippen molar-refractivity contribution < 1.29 is 9.53 Å². The van der Waals surface area contributed by atoms with Crippen molar-refractivity contribution in [1.82, 2.24) is 15.6 Å². The van der Waals surface area contributed by atoms with Crippen molar-refractivity contribution in [2.45, 2.75) is 50.6 Å². The minimum Gasteiger partial charge on any atom is -0.380 e. The summed E-state index contributed by atoms with van der Waals surface area (Å²) in [5.74, 6) is 0.467. The number of hydrogen-bond acceptors (Lipinski definition) is 6. The quantitative estimate of drug-likeness (QED) is 0.653. The highest BCUT2D eigenvalue weighted by Crippen LogP contribution is 2.47. The molecule has 4 heterocycles. The number of anilines is 1. The number of fused-ring (bicyclic) bond motifs is 2. The molecule has 3 N–H and O–H groups in total. The van der Waals surface area contributed by atoms with Crippen LogP contribution in [0.4, 0.5) is 5.82 Å². The second-order valence-corrected chi connectivity index (χ2v) is 10.1. The van der Waals surface area contributed by atoms with Crippen LogP contribution in [0, 0.1) is 0 Å². The second-order valence-electron chi connectivity index (χ2n) is 8.41. The van der Waals surface area contributed by atoms with Gasteiger partial charge in [-0.05, 0) is 49.4 Å². The molecule has 1 spiro atoms. The number of carbonyl (C=O) groups excluding carboxylic acids is 1. The molecule has 0 aliphatic carbocycles. The number of ether oxygens (including phenoxy) is 1. The average Bonchev–Trinajstić information content (AvgIpc) is 3.08. The number of hydrogen-bond donors (Lipinski definition) is 3. The largest absolute Gasteiger partial charge is 0.380 e. The lowest BCUT2D eigenvalue weighted by molar-refractivity contribution is -0.114. The first-order chi connectivity index (χ1) is 14.4. The fourth-order valence-electron chi connectivity index (χ4n) is 4.80. The number of nitrogens with zero attached hydrogens (tertiary/aromatic N) is 1. The van der Waals surface area contributed by atoms with Gasteiger partial charge in [0, 0.05) is 48.6 Å². The zero-order valence-corrected chi connectivity index (χ0v) is 19.0. The molecular weight excluding hydrogens is 420 g/mol. The SMILES string of the molecule is CC(=O)Nc1ccc(C2CC3(CNCCOCCc4cc(Cl)sc43)CC(C)N2)cn1. The lowest BCUT2D eigenvalue weighted by Gasteiger charge is -2.45. The summed E-state index contributed by atoms with van der Waals surface area (Å²) in [6.07, 6.45) is 4.80. The van der Waals surface area contributed by atoms with E-state index >= 15 is 0 Å². The highest BCUT2D eigenvalue weighted by molar-refractivity contribution is 7.16. The van der Waals surface area contributed by atoms with E-state index in [2.05, 4.69) is 40.0 Å². The number of halogens is 1. The first kappa shape index (κ1) is 21.7. The Morgan fingerprint density at radius 1 is 1.37 bits per heavy atom. The number of amides is 1. The minimum atomic E-state index is -0.114. The maximum absolute atomic E-state index is 11.3. The van der Waals surface area contributed by atoms with Crippen LogP contribution in [-0.2, 0) is 21.4 Å². The van der Waals surface area contributed by atoms with E-state index in [1.165, 1.54) is 17.4 Å². The van der Waals surface area contributed by atoms with Crippen molar-refractivity contribution in [2.24, 2.45) is 0 Å². The van der Waals surface area contributed by atoms with Crippen LogP contribution in [0.3, 0.4) is 0 Å². The van der Waals surface area contributed by atoms with E-state index in [1.54, 1.807) is 11.3 Å². The molecule has 1 fully saturated rings. The van der Waals surface area contributed by atoms with E-state index in [-0.39, 0.29) is 17.4 Å². The molecule has 3 atom stereocenters. The van der Waals surface area contributed by atoms with Gasteiger partial charge >= 0.3 is 0 Å². The summed E-state index contributed by atoms with van der Waals surface area (Å²) >= 11 is 8.21. The van der Waals surface area contributed by atoms with Crippen molar-refractivity contribution >= 4 is 34.7 Å². The molecule has 0 radical (unpaired) electrons. The predicted octanol–water partition coefficient (Wildman–Crippen LogP) is 3.67. The highest BCUT2D eigenvalue weighted by atomic mass is 35.5. The van der Waals surface area contributed by atoms with Crippen LogP contribution in [-0.4, -0.2) is 43.2 Å². The molecule has 0 saturated carbocycles. The third kappa shape index (κ3) is 4.86. The van der Waals surface area contributed by atoms with Crippen LogP contribution >= 0.6 is 22.9 Å². The molecule has 8 heteroatoms. The fraction of sp³-hybridized carbons (Fsp3) is 0.545. The third-order valence-corrected chi connectivity index (χ3v) is 7.49. The summed E-state index contributed by atoms with van der Waals surface area (Å²) in [5, 5.41) is 10.1. The number of carbonyl (C=O) groups is 1. The molecule has 3 unspecified atom stereocenters. The van der Waals surface area contributed by atoms with E-state index < -0.39 is 0 Å². The molecule has 1 saturated heterocycles. The molecule has 6 nitrogen and oxygen atoms in total. The van der Waals surface area contributed by atoms with Crippen molar-refractivity contribution in [2.75, 3.05) is 31.6 Å². The Morgan fingerprint density at radius 2 is 2.23 bits per heavy atom. The molecular formula is C22H29ClN4O2S. The summed E-state index contributed by atoms with van der Waals surface area (Å²) in [4.78, 5) is 17.1. The van der Waals surface area contributed by atoms with E-state index in [0.717, 1.165) is 55.5 Å². The van der Waals surface area contributed by atoms with Crippen LogP contribution < -0.4 is 16.0 Å². The van der Waals surface area contributed by atoms with Crippen molar-refractivity contribution in [3.05, 3.63) is 44.7 Å². The Hall–Kier alpha value is -1.51. The summed E-state index contributed by atoms with van der Waals surface area (Å²) < 4.78 is 6.60. The van der Waals surface area contributed by atoms with Gasteiger partial charge in [-0.3, -0.25) is 4.79 Å². The van der Waals surface area contributed by atoms with E-state index in [9.17, 15) is 4.79 Å². The van der Waals surface area contributed by atoms with Gasteiger partial charge in [-0.25, -0.2) is 4.98 Å². The standard InChI is InChI=1S/C22H29ClN4O2S/c1-14-10-22(11-18(26-14)17-3-4-20(25-12-17)27-15(2)28)13-24-6-8-29-7-5-16-9-19(23)30-21(16)22/h3-4,9,12,14,18,24,26H,5-8,10-11,13H2,1-2H3,(H,25,27,28). The van der Waals surface area contributed by atoms with Crippen LogP contribution in [0.15, 0.2) is 24.4 Å². The smallest absolute Gasteiger partial charge is 0.222 e. The predicted molar refractivity (Wildman–Crippen MR) is 122 cm³/mol. The molecule has 4 rings (SSSR count). The number of pyridine rings is 1. The van der Waals surface area contributed by atoms with Crippen LogP contribution in [0.5, 0.6) is 0 Å². The molecule has 0 aromatic carbocycles. The maximum atomic E-state index is 11.3. The third-order valence-electron chi connectivity index (χ3n) is 5.93. The van der Waals surface area contributed by atoms with Gasteiger partial charge in [0.15, 0.2) is 0 Å². The van der Waals surface area contributed by atoms with Crippen molar-refractivity contribution in [3.63, 3.8) is 0 Å². The summed E-state index contributed by atoms with van der Waals surface area (Å²) in [6.45, 7) is 6.96. The van der Waals surface area contributed by atoms with E-state index in [0.29, 0.717) is 11.9 Å². The molecule has 162 valence electrons. The Kier molecular flexibility index (Phi) is 6.75. The molecule has 0 bridgehead atoms. The molecule has 2 aliphatic heterocycles. The zero-order chi connectivity index (χ0) is 21.1. The molecule has 2 aromatic heterocycles. The van der Waals surface area contributed by atoms with Gasteiger partial charge in [0.1, 0.15) is 5.82 Å². The fourth-order valence-corrected chi connectivity index (χ4v) is 6.30. The molecule has 2 aliphatic rings. The monoisotopic (exact) mass is 448 g/mol. The van der Waals surface area contributed by atoms with E-state index in [1.807, 2.05) is 12.3 Å². The number of thiophene rings is 1.